The monoisotopic (exact) mass is 550 g/mol. The van der Waals surface area contributed by atoms with Crippen LogP contribution in [0.3, 0.4) is 0 Å². The maximum absolute atomic E-state index is 13.0. The fourth-order valence-electron chi connectivity index (χ4n) is 4.79. The molecule has 2 aromatic carbocycles. The maximum Gasteiger partial charge on any atom is 0.255 e. The molecule has 6 heteroatoms. The number of nitrogens with zero attached hydrogens (tertiary/aromatic N) is 1. The van der Waals surface area contributed by atoms with Gasteiger partial charge in [-0.1, -0.05) is 95.8 Å². The van der Waals surface area contributed by atoms with E-state index in [4.69, 9.17) is 4.74 Å². The number of benzene rings is 2. The largest absolute Gasteiger partial charge is 0.491 e. The minimum atomic E-state index is -0.214. The van der Waals surface area contributed by atoms with Gasteiger partial charge in [0.15, 0.2) is 11.5 Å². The van der Waals surface area contributed by atoms with Gasteiger partial charge < -0.3 is 15.0 Å². The summed E-state index contributed by atoms with van der Waals surface area (Å²) >= 11 is 1.78. The van der Waals surface area contributed by atoms with Crippen LogP contribution in [-0.4, -0.2) is 29.1 Å². The van der Waals surface area contributed by atoms with Gasteiger partial charge in [-0.2, -0.15) is 0 Å². The highest BCUT2D eigenvalue weighted by Gasteiger charge is 2.16. The minimum absolute atomic E-state index is 0.0747. The molecule has 39 heavy (non-hydrogen) atoms. The molecule has 0 atom stereocenters. The number of ether oxygens (including phenoxy) is 1. The fourth-order valence-corrected chi connectivity index (χ4v) is 5.50. The number of nitrogens with one attached hydrogen (secondary N) is 1. The molecule has 0 aliphatic carbocycles. The molecule has 1 amide bonds. The summed E-state index contributed by atoms with van der Waals surface area (Å²) in [5.41, 5.74) is 2.77. The average Bonchev–Trinajstić information content (AvgIpc) is 3.45. The molecule has 1 N–H and O–H groups in total. The summed E-state index contributed by atoms with van der Waals surface area (Å²) in [5, 5.41) is 5.06. The molecule has 0 fully saturated rings. The van der Waals surface area contributed by atoms with Gasteiger partial charge >= 0.3 is 0 Å². The highest BCUT2D eigenvalue weighted by Crippen LogP contribution is 2.30. The predicted octanol–water partition coefficient (Wildman–Crippen LogP) is 9.20. The van der Waals surface area contributed by atoms with Crippen molar-refractivity contribution in [3.05, 3.63) is 70.8 Å². The van der Waals surface area contributed by atoms with Gasteiger partial charge in [-0.3, -0.25) is 9.59 Å². The zero-order valence-corrected chi connectivity index (χ0v) is 24.7. The average molecular weight is 551 g/mol. The molecule has 0 saturated heterocycles. The van der Waals surface area contributed by atoms with Crippen molar-refractivity contribution < 1.29 is 14.3 Å². The van der Waals surface area contributed by atoms with Crippen molar-refractivity contribution in [3.63, 3.8) is 0 Å². The van der Waals surface area contributed by atoms with Crippen molar-refractivity contribution in [2.24, 2.45) is 0 Å². The summed E-state index contributed by atoms with van der Waals surface area (Å²) in [6.07, 6.45) is 17.5. The number of thioether (sulfide) groups is 1. The van der Waals surface area contributed by atoms with E-state index in [0.29, 0.717) is 29.2 Å². The SMILES string of the molecule is CCCCCCCCCCCCCCOc1c(NC(=O)c2ccc(CN3C=CSC3)cc2)cccc1C(C)=O. The molecule has 5 nitrogen and oxygen atoms in total. The molecule has 0 radical (unpaired) electrons. The Labute approximate surface area is 239 Å². The Morgan fingerprint density at radius 1 is 0.872 bits per heavy atom. The van der Waals surface area contributed by atoms with E-state index in [0.717, 1.165) is 30.8 Å². The number of hydrogen-bond donors (Lipinski definition) is 1. The van der Waals surface area contributed by atoms with Crippen LogP contribution in [0, 0.1) is 0 Å². The second-order valence-electron chi connectivity index (χ2n) is 10.5. The van der Waals surface area contributed by atoms with E-state index in [1.807, 2.05) is 24.3 Å². The van der Waals surface area contributed by atoms with Crippen molar-refractivity contribution in [2.45, 2.75) is 97.4 Å². The van der Waals surface area contributed by atoms with Crippen LogP contribution in [0.1, 0.15) is 117 Å². The van der Waals surface area contributed by atoms with Gasteiger partial charge in [0.2, 0.25) is 0 Å². The van der Waals surface area contributed by atoms with Crippen LogP contribution in [0.25, 0.3) is 0 Å². The lowest BCUT2D eigenvalue weighted by molar-refractivity contribution is 0.100. The quantitative estimate of drug-likeness (QED) is 0.140. The van der Waals surface area contributed by atoms with E-state index in [1.54, 1.807) is 30.0 Å². The van der Waals surface area contributed by atoms with E-state index in [2.05, 4.69) is 28.7 Å². The Morgan fingerprint density at radius 2 is 1.51 bits per heavy atom. The molecule has 1 aliphatic heterocycles. The van der Waals surface area contributed by atoms with E-state index in [9.17, 15) is 9.59 Å². The summed E-state index contributed by atoms with van der Waals surface area (Å²) in [5.74, 6) is 1.14. The number of para-hydroxylation sites is 1. The maximum atomic E-state index is 13.0. The molecular weight excluding hydrogens is 504 g/mol. The highest BCUT2D eigenvalue weighted by atomic mass is 32.2. The molecule has 0 aromatic heterocycles. The van der Waals surface area contributed by atoms with Crippen LogP contribution >= 0.6 is 11.8 Å². The Hall–Kier alpha value is -2.73. The zero-order valence-electron chi connectivity index (χ0n) is 23.9. The van der Waals surface area contributed by atoms with E-state index >= 15 is 0 Å². The summed E-state index contributed by atoms with van der Waals surface area (Å²) in [4.78, 5) is 27.5. The molecule has 1 aliphatic rings. The summed E-state index contributed by atoms with van der Waals surface area (Å²) in [6, 6.07) is 13.0. The van der Waals surface area contributed by atoms with Crippen LogP contribution in [0.15, 0.2) is 54.1 Å². The first kappa shape index (κ1) is 30.8. The predicted molar refractivity (Wildman–Crippen MR) is 165 cm³/mol. The van der Waals surface area contributed by atoms with Gasteiger partial charge in [-0.25, -0.2) is 0 Å². The lowest BCUT2D eigenvalue weighted by Crippen LogP contribution is -2.15. The molecule has 3 rings (SSSR count). The molecule has 1 heterocycles. The lowest BCUT2D eigenvalue weighted by Gasteiger charge is -2.16. The Balaban J connectivity index is 1.43. The molecule has 0 saturated carbocycles. The van der Waals surface area contributed by atoms with Crippen LogP contribution in [-0.2, 0) is 6.54 Å². The molecule has 0 bridgehead atoms. The second kappa shape index (κ2) is 17.8. The first-order valence-corrected chi connectivity index (χ1v) is 15.8. The number of carbonyl (C=O) groups excluding carboxylic acids is 2. The number of carbonyl (C=O) groups is 2. The molecule has 212 valence electrons. The summed E-state index contributed by atoms with van der Waals surface area (Å²) in [7, 11) is 0. The topological polar surface area (TPSA) is 58.6 Å². The van der Waals surface area contributed by atoms with E-state index < -0.39 is 0 Å². The second-order valence-corrected chi connectivity index (χ2v) is 11.3. The van der Waals surface area contributed by atoms with Crippen LogP contribution in [0.2, 0.25) is 0 Å². The number of ketones is 1. The van der Waals surface area contributed by atoms with Crippen molar-refractivity contribution in [2.75, 3.05) is 17.8 Å². The first-order chi connectivity index (χ1) is 19.1. The summed E-state index contributed by atoms with van der Waals surface area (Å²) < 4.78 is 6.10. The molecule has 0 spiro atoms. The fraction of sp³-hybridized carbons (Fsp3) is 0.515. The van der Waals surface area contributed by atoms with Crippen molar-refractivity contribution >= 4 is 29.1 Å². The number of hydrogen-bond acceptors (Lipinski definition) is 5. The Bertz CT molecular complexity index is 1050. The van der Waals surface area contributed by atoms with Crippen molar-refractivity contribution in [1.29, 1.82) is 0 Å². The third-order valence-electron chi connectivity index (χ3n) is 7.10. The third kappa shape index (κ3) is 11.1. The van der Waals surface area contributed by atoms with E-state index in [1.165, 1.54) is 71.1 Å². The zero-order chi connectivity index (χ0) is 27.7. The number of Topliss-reactive ketones (excluding diaryl/α,β-unsaturated/α-hetero) is 1. The van der Waals surface area contributed by atoms with Gasteiger partial charge in [0, 0.05) is 18.3 Å². The Kier molecular flexibility index (Phi) is 14.0. The van der Waals surface area contributed by atoms with Gasteiger partial charge in [-0.05, 0) is 48.6 Å². The van der Waals surface area contributed by atoms with Crippen LogP contribution in [0.4, 0.5) is 5.69 Å². The van der Waals surface area contributed by atoms with Gasteiger partial charge in [0.1, 0.15) is 0 Å². The number of amides is 1. The summed E-state index contributed by atoms with van der Waals surface area (Å²) in [6.45, 7) is 5.15. The third-order valence-corrected chi connectivity index (χ3v) is 7.89. The minimum Gasteiger partial charge on any atom is -0.491 e. The van der Waals surface area contributed by atoms with E-state index in [-0.39, 0.29) is 11.7 Å². The highest BCUT2D eigenvalue weighted by molar-refractivity contribution is 8.02. The number of unbranched alkanes of at least 4 members (excludes halogenated alkanes) is 11. The van der Waals surface area contributed by atoms with Gasteiger partial charge in [0.25, 0.3) is 5.91 Å². The number of anilines is 1. The molecular formula is C33H46N2O3S. The van der Waals surface area contributed by atoms with Gasteiger partial charge in [-0.15, -0.1) is 11.8 Å². The number of rotatable bonds is 19. The van der Waals surface area contributed by atoms with Gasteiger partial charge in [0.05, 0.1) is 23.7 Å². The Morgan fingerprint density at radius 3 is 2.10 bits per heavy atom. The first-order valence-electron chi connectivity index (χ1n) is 14.8. The van der Waals surface area contributed by atoms with Crippen LogP contribution < -0.4 is 10.1 Å². The lowest BCUT2D eigenvalue weighted by atomic mass is 10.1. The van der Waals surface area contributed by atoms with Crippen LogP contribution in [0.5, 0.6) is 5.75 Å². The van der Waals surface area contributed by atoms with Crippen molar-refractivity contribution in [1.82, 2.24) is 4.90 Å². The standard InChI is InChI=1S/C33H46N2O3S/c1-3-4-5-6-7-8-9-10-11-12-13-14-23-38-32-30(27(2)36)16-15-17-31(32)34-33(37)29-20-18-28(19-21-29)25-35-22-24-39-26-35/h15-22,24H,3-14,23,25-26H2,1-2H3,(H,34,37). The van der Waals surface area contributed by atoms with Crippen molar-refractivity contribution in [3.8, 4) is 5.75 Å². The smallest absolute Gasteiger partial charge is 0.255 e. The normalized spacial score (nSPS) is 12.6. The molecule has 0 unspecified atom stereocenters. The molecule has 2 aromatic rings.